The van der Waals surface area contributed by atoms with Crippen molar-refractivity contribution in [2.75, 3.05) is 18.0 Å². The molecule has 0 radical (unpaired) electrons. The summed E-state index contributed by atoms with van der Waals surface area (Å²) in [5.74, 6) is 1.03. The van der Waals surface area contributed by atoms with Crippen molar-refractivity contribution in [1.29, 1.82) is 0 Å². The second-order valence-electron chi connectivity index (χ2n) is 9.32. The molecule has 0 aliphatic carbocycles. The maximum absolute atomic E-state index is 10.9. The zero-order valence-electron chi connectivity index (χ0n) is 20.5. The Bertz CT molecular complexity index is 1400. The van der Waals surface area contributed by atoms with Crippen LogP contribution in [-0.2, 0) is 21.2 Å². The van der Waals surface area contributed by atoms with Gasteiger partial charge in [-0.1, -0.05) is 54.6 Å². The number of benzene rings is 1. The molecule has 1 aliphatic heterocycles. The van der Waals surface area contributed by atoms with Gasteiger partial charge >= 0.3 is 6.01 Å². The summed E-state index contributed by atoms with van der Waals surface area (Å²) < 4.78 is 33.7. The van der Waals surface area contributed by atoms with Crippen LogP contribution < -0.4 is 4.90 Å². The smallest absolute Gasteiger partial charge is 0.324 e. The highest BCUT2D eigenvalue weighted by molar-refractivity contribution is 7.71. The van der Waals surface area contributed by atoms with Crippen molar-refractivity contribution < 1.29 is 17.7 Å². The molecule has 11 heteroatoms. The third-order valence-corrected chi connectivity index (χ3v) is 7.99. The Hall–Kier alpha value is -2.89. The van der Waals surface area contributed by atoms with Crippen molar-refractivity contribution in [2.45, 2.75) is 57.5 Å². The summed E-state index contributed by atoms with van der Waals surface area (Å²) in [5.41, 5.74) is 3.39. The zero-order valence-corrected chi connectivity index (χ0v) is 22.2. The van der Waals surface area contributed by atoms with Crippen LogP contribution in [0.1, 0.15) is 62.0 Å². The molecular formula is C25H29N5O4S2. The van der Waals surface area contributed by atoms with E-state index in [4.69, 9.17) is 19.2 Å². The van der Waals surface area contributed by atoms with E-state index in [9.17, 15) is 8.42 Å². The molecule has 0 amide bonds. The number of fused-ring (bicyclic) bond motifs is 1. The Morgan fingerprint density at radius 2 is 1.81 bits per heavy atom. The number of hydrogen-bond acceptors (Lipinski definition) is 10. The molecule has 0 N–H and O–H groups in total. The Morgan fingerprint density at radius 3 is 2.47 bits per heavy atom. The Kier molecular flexibility index (Phi) is 7.31. The molecule has 36 heavy (non-hydrogen) atoms. The molecule has 1 fully saturated rings. The molecule has 190 valence electrons. The van der Waals surface area contributed by atoms with Crippen molar-refractivity contribution in [1.82, 2.24) is 20.1 Å². The minimum absolute atomic E-state index is 0.0488. The van der Waals surface area contributed by atoms with Crippen molar-refractivity contribution in [3.05, 3.63) is 52.8 Å². The molecule has 9 nitrogen and oxygen atoms in total. The average Bonchev–Trinajstić information content (AvgIpc) is 3.52. The van der Waals surface area contributed by atoms with Gasteiger partial charge in [0.2, 0.25) is 0 Å². The fourth-order valence-electron chi connectivity index (χ4n) is 4.22. The lowest BCUT2D eigenvalue weighted by molar-refractivity contribution is -0.0160. The van der Waals surface area contributed by atoms with Crippen molar-refractivity contribution >= 4 is 38.4 Å². The summed E-state index contributed by atoms with van der Waals surface area (Å²) in [7, 11) is -2.44. The lowest BCUT2D eigenvalue weighted by atomic mass is 10.1. The molecule has 5 rings (SSSR count). The third-order valence-electron chi connectivity index (χ3n) is 6.24. The van der Waals surface area contributed by atoms with E-state index in [-0.39, 0.29) is 23.9 Å². The van der Waals surface area contributed by atoms with Crippen LogP contribution in [0.15, 0.2) is 40.9 Å². The van der Waals surface area contributed by atoms with E-state index < -0.39 is 10.7 Å². The maximum Gasteiger partial charge on any atom is 0.324 e. The van der Waals surface area contributed by atoms with Gasteiger partial charge in [0, 0.05) is 24.6 Å². The monoisotopic (exact) mass is 527 g/mol. The van der Waals surface area contributed by atoms with E-state index in [2.05, 4.69) is 28.9 Å². The minimum atomic E-state index is -2.44. The van der Waals surface area contributed by atoms with Crippen LogP contribution in [0.2, 0.25) is 0 Å². The first kappa shape index (κ1) is 24.8. The molecule has 4 heterocycles. The van der Waals surface area contributed by atoms with E-state index >= 15 is 0 Å². The quantitative estimate of drug-likeness (QED) is 0.325. The first-order valence-electron chi connectivity index (χ1n) is 12.1. The number of piperidine rings is 1. The van der Waals surface area contributed by atoms with Gasteiger partial charge in [0.25, 0.3) is 0 Å². The van der Waals surface area contributed by atoms with Crippen LogP contribution in [0.3, 0.4) is 0 Å². The second-order valence-corrected chi connectivity index (χ2v) is 11.3. The molecule has 0 bridgehead atoms. The van der Waals surface area contributed by atoms with Crippen LogP contribution in [0.4, 0.5) is 6.01 Å². The van der Waals surface area contributed by atoms with Gasteiger partial charge in [-0.2, -0.15) is 4.98 Å². The number of ether oxygens (including phenoxy) is 1. The highest BCUT2D eigenvalue weighted by atomic mass is 32.2. The summed E-state index contributed by atoms with van der Waals surface area (Å²) in [6.45, 7) is 7.76. The van der Waals surface area contributed by atoms with E-state index in [1.807, 2.05) is 43.3 Å². The number of nitrogens with zero attached hydrogens (tertiary/aromatic N) is 5. The predicted molar refractivity (Wildman–Crippen MR) is 140 cm³/mol. The van der Waals surface area contributed by atoms with Crippen molar-refractivity contribution in [2.24, 2.45) is 0 Å². The van der Waals surface area contributed by atoms with Crippen LogP contribution >= 0.6 is 11.3 Å². The highest BCUT2D eigenvalue weighted by Crippen LogP contribution is 2.32. The molecule has 4 aromatic rings. The number of thiol groups is 1. The van der Waals surface area contributed by atoms with E-state index in [1.54, 1.807) is 11.3 Å². The van der Waals surface area contributed by atoms with E-state index in [0.717, 1.165) is 63.9 Å². The summed E-state index contributed by atoms with van der Waals surface area (Å²) in [4.78, 5) is 17.0. The highest BCUT2D eigenvalue weighted by Gasteiger charge is 2.26. The minimum Gasteiger partial charge on any atom is -0.368 e. The molecule has 1 saturated heterocycles. The van der Waals surface area contributed by atoms with Crippen molar-refractivity contribution in [3.8, 4) is 11.3 Å². The maximum atomic E-state index is 10.9. The van der Waals surface area contributed by atoms with Gasteiger partial charge in [-0.3, -0.25) is 0 Å². The number of rotatable bonds is 8. The van der Waals surface area contributed by atoms with Gasteiger partial charge in [-0.15, -0.1) is 0 Å². The summed E-state index contributed by atoms with van der Waals surface area (Å²) in [6.07, 6.45) is 1.77. The molecule has 0 saturated carbocycles. The number of hydrogen-bond donors (Lipinski definition) is 1. The van der Waals surface area contributed by atoms with Gasteiger partial charge in [-0.25, -0.2) is 18.4 Å². The SMILES string of the molecule is CC(C)c1noc(N2CCC(OC(C)c3nc4ccc(-c5ccc(C[SH](=O)=O)cc5)nc4s3)CC2)n1. The molecule has 1 unspecified atom stereocenters. The molecule has 3 aromatic heterocycles. The molecule has 1 aromatic carbocycles. The van der Waals surface area contributed by atoms with Gasteiger partial charge in [0.15, 0.2) is 5.82 Å². The number of aromatic nitrogens is 4. The fourth-order valence-corrected chi connectivity index (χ4v) is 5.65. The van der Waals surface area contributed by atoms with Crippen LogP contribution in [0, 0.1) is 0 Å². The summed E-state index contributed by atoms with van der Waals surface area (Å²) in [5, 5.41) is 4.97. The number of thiazole rings is 1. The first-order chi connectivity index (χ1) is 17.4. The molecule has 1 atom stereocenters. The van der Waals surface area contributed by atoms with Gasteiger partial charge < -0.3 is 14.2 Å². The second kappa shape index (κ2) is 10.6. The van der Waals surface area contributed by atoms with Crippen LogP contribution in [0.25, 0.3) is 21.6 Å². The topological polar surface area (TPSA) is 111 Å². The standard InChI is InChI=1S/C25H29N5O4S2/c1-15(2)22-28-25(34-29-22)30-12-10-19(11-13-30)33-16(3)23-27-21-9-8-20(26-24(21)35-23)18-6-4-17(5-7-18)14-36(31)32/h4-9,15-16,19,36H,10-14H2,1-3H3. The predicted octanol–water partition coefficient (Wildman–Crippen LogP) is 4.72. The lowest BCUT2D eigenvalue weighted by Gasteiger charge is -2.31. The normalized spacial score (nSPS) is 15.9. The first-order valence-corrected chi connectivity index (χ1v) is 14.3. The van der Waals surface area contributed by atoms with Gasteiger partial charge in [0.1, 0.15) is 32.2 Å². The number of anilines is 1. The van der Waals surface area contributed by atoms with Gasteiger partial charge in [0.05, 0.1) is 17.6 Å². The third kappa shape index (κ3) is 5.58. The van der Waals surface area contributed by atoms with Crippen LogP contribution in [0.5, 0.6) is 0 Å². The summed E-state index contributed by atoms with van der Waals surface area (Å²) in [6, 6.07) is 12.0. The number of pyridine rings is 1. The molecular weight excluding hydrogens is 498 g/mol. The van der Waals surface area contributed by atoms with Gasteiger partial charge in [-0.05, 0) is 37.5 Å². The summed E-state index contributed by atoms with van der Waals surface area (Å²) >= 11 is 1.55. The van der Waals surface area contributed by atoms with Crippen LogP contribution in [-0.4, -0.2) is 47.7 Å². The lowest BCUT2D eigenvalue weighted by Crippen LogP contribution is -2.37. The average molecular weight is 528 g/mol. The fraction of sp³-hybridized carbons (Fsp3) is 0.440. The Labute approximate surface area is 215 Å². The van der Waals surface area contributed by atoms with E-state index in [1.165, 1.54) is 0 Å². The van der Waals surface area contributed by atoms with Crippen molar-refractivity contribution in [3.63, 3.8) is 0 Å². The van der Waals surface area contributed by atoms with E-state index in [0.29, 0.717) is 6.01 Å². The largest absolute Gasteiger partial charge is 0.368 e. The zero-order chi connectivity index (χ0) is 25.2. The molecule has 0 spiro atoms. The Morgan fingerprint density at radius 1 is 1.06 bits per heavy atom. The Balaban J connectivity index is 1.21. The molecule has 1 aliphatic rings.